The van der Waals surface area contributed by atoms with Crippen molar-refractivity contribution in [1.82, 2.24) is 25.9 Å². The van der Waals surface area contributed by atoms with Gasteiger partial charge in [-0.15, -0.1) is 0 Å². The number of imidazole rings is 1. The van der Waals surface area contributed by atoms with E-state index < -0.39 is 47.9 Å². The minimum Gasteiger partial charge on any atom is -0.480 e. The minimum absolute atomic E-state index is 0.0594. The summed E-state index contributed by atoms with van der Waals surface area (Å²) in [5, 5.41) is 25.5. The Kier molecular flexibility index (Phi) is 9.41. The van der Waals surface area contributed by atoms with Crippen molar-refractivity contribution < 1.29 is 29.4 Å². The molecule has 0 saturated heterocycles. The third-order valence-electron chi connectivity index (χ3n) is 3.68. The Bertz CT molecular complexity index is 683. The summed E-state index contributed by atoms with van der Waals surface area (Å²) in [6, 6.07) is -3.81. The van der Waals surface area contributed by atoms with E-state index in [0.717, 1.165) is 0 Å². The summed E-state index contributed by atoms with van der Waals surface area (Å²) in [6.45, 7) is 0.869. The number of nitrogens with zero attached hydrogens (tertiary/aromatic N) is 1. The molecule has 0 aliphatic carbocycles. The first-order valence-electron chi connectivity index (χ1n) is 8.28. The Labute approximate surface area is 166 Å². The Hall–Kier alpha value is -2.64. The van der Waals surface area contributed by atoms with Crippen LogP contribution in [0.4, 0.5) is 0 Å². The zero-order valence-corrected chi connectivity index (χ0v) is 16.0. The van der Waals surface area contributed by atoms with Gasteiger partial charge in [-0.3, -0.25) is 14.4 Å². The van der Waals surface area contributed by atoms with Crippen LogP contribution >= 0.6 is 12.6 Å². The third kappa shape index (κ3) is 7.17. The van der Waals surface area contributed by atoms with E-state index in [1.54, 1.807) is 0 Å². The Morgan fingerprint density at radius 2 is 1.86 bits per heavy atom. The molecule has 0 aromatic carbocycles. The molecule has 1 heterocycles. The number of nitrogens with two attached hydrogens (primary N) is 1. The van der Waals surface area contributed by atoms with Gasteiger partial charge in [0.1, 0.15) is 12.1 Å². The number of amides is 3. The second-order valence-corrected chi connectivity index (χ2v) is 6.28. The summed E-state index contributed by atoms with van der Waals surface area (Å²) < 4.78 is 0. The average molecular weight is 416 g/mol. The number of carbonyl (C=O) groups excluding carboxylic acids is 3. The van der Waals surface area contributed by atoms with E-state index in [4.69, 9.17) is 10.8 Å². The molecule has 8 N–H and O–H groups in total. The topological polar surface area (TPSA) is 200 Å². The van der Waals surface area contributed by atoms with Gasteiger partial charge in [0.25, 0.3) is 0 Å². The van der Waals surface area contributed by atoms with Crippen LogP contribution in [0.15, 0.2) is 12.5 Å². The molecule has 1 aromatic rings. The first kappa shape index (κ1) is 23.4. The number of H-pyrrole nitrogens is 1. The van der Waals surface area contributed by atoms with E-state index in [1.165, 1.54) is 19.4 Å². The van der Waals surface area contributed by atoms with Crippen LogP contribution in [0.2, 0.25) is 0 Å². The molecule has 12 nitrogen and oxygen atoms in total. The van der Waals surface area contributed by atoms with Crippen LogP contribution < -0.4 is 21.7 Å². The highest BCUT2D eigenvalue weighted by atomic mass is 32.1. The van der Waals surface area contributed by atoms with Gasteiger partial charge < -0.3 is 36.9 Å². The molecule has 0 aliphatic rings. The predicted molar refractivity (Wildman–Crippen MR) is 100 cm³/mol. The van der Waals surface area contributed by atoms with Gasteiger partial charge in [0.2, 0.25) is 17.7 Å². The summed E-state index contributed by atoms with van der Waals surface area (Å²) in [5.41, 5.74) is 5.82. The SMILES string of the molecule is CC(O)C(NC(=O)C(CS)NC(=O)C(Cc1cnc[nH]1)NC(=O)CN)C(=O)O. The predicted octanol–water partition coefficient (Wildman–Crippen LogP) is -3.24. The number of aliphatic carboxylic acids is 1. The van der Waals surface area contributed by atoms with Crippen molar-refractivity contribution in [2.45, 2.75) is 37.6 Å². The van der Waals surface area contributed by atoms with Crippen molar-refractivity contribution >= 4 is 36.3 Å². The van der Waals surface area contributed by atoms with Crippen LogP contribution in [0.5, 0.6) is 0 Å². The number of hydrogen-bond acceptors (Lipinski definition) is 8. The first-order valence-corrected chi connectivity index (χ1v) is 8.92. The van der Waals surface area contributed by atoms with Crippen LogP contribution in [-0.2, 0) is 25.6 Å². The number of hydrogen-bond donors (Lipinski definition) is 8. The molecular weight excluding hydrogens is 392 g/mol. The zero-order valence-electron chi connectivity index (χ0n) is 15.1. The van der Waals surface area contributed by atoms with Gasteiger partial charge in [-0.2, -0.15) is 12.6 Å². The van der Waals surface area contributed by atoms with Gasteiger partial charge in [0, 0.05) is 24.1 Å². The average Bonchev–Trinajstić information content (AvgIpc) is 3.15. The van der Waals surface area contributed by atoms with Crippen molar-refractivity contribution in [3.8, 4) is 0 Å². The Morgan fingerprint density at radius 3 is 2.32 bits per heavy atom. The molecule has 0 saturated carbocycles. The molecule has 0 radical (unpaired) electrons. The maximum Gasteiger partial charge on any atom is 0.328 e. The van der Waals surface area contributed by atoms with Crippen molar-refractivity contribution in [1.29, 1.82) is 0 Å². The molecule has 156 valence electrons. The van der Waals surface area contributed by atoms with Gasteiger partial charge in [-0.05, 0) is 6.92 Å². The number of aromatic amines is 1. The smallest absolute Gasteiger partial charge is 0.328 e. The summed E-state index contributed by atoms with van der Waals surface area (Å²) in [6.07, 6.45) is 1.58. The molecule has 1 rings (SSSR count). The van der Waals surface area contributed by atoms with E-state index >= 15 is 0 Å². The lowest BCUT2D eigenvalue weighted by molar-refractivity contribution is -0.145. The summed E-state index contributed by atoms with van der Waals surface area (Å²) in [4.78, 5) is 54.2. The number of aliphatic hydroxyl groups is 1. The third-order valence-corrected chi connectivity index (χ3v) is 4.04. The number of aliphatic hydroxyl groups excluding tert-OH is 1. The number of aromatic nitrogens is 2. The van der Waals surface area contributed by atoms with Crippen LogP contribution in [-0.4, -0.2) is 80.4 Å². The van der Waals surface area contributed by atoms with E-state index in [1.807, 2.05) is 0 Å². The molecule has 3 amide bonds. The van der Waals surface area contributed by atoms with E-state index in [9.17, 15) is 24.3 Å². The largest absolute Gasteiger partial charge is 0.480 e. The van der Waals surface area contributed by atoms with Gasteiger partial charge in [0.15, 0.2) is 6.04 Å². The molecule has 0 fully saturated rings. The Morgan fingerprint density at radius 1 is 1.21 bits per heavy atom. The summed E-state index contributed by atoms with van der Waals surface area (Å²) in [7, 11) is 0. The van der Waals surface area contributed by atoms with Gasteiger partial charge in [-0.1, -0.05) is 0 Å². The van der Waals surface area contributed by atoms with E-state index in [0.29, 0.717) is 5.69 Å². The number of carboxylic acid groups (broad SMARTS) is 1. The van der Waals surface area contributed by atoms with Gasteiger partial charge in [0.05, 0.1) is 19.0 Å². The fraction of sp³-hybridized carbons (Fsp3) is 0.533. The van der Waals surface area contributed by atoms with Crippen molar-refractivity contribution in [3.63, 3.8) is 0 Å². The molecule has 0 bridgehead atoms. The zero-order chi connectivity index (χ0) is 21.3. The lowest BCUT2D eigenvalue weighted by atomic mass is 10.1. The quantitative estimate of drug-likeness (QED) is 0.172. The van der Waals surface area contributed by atoms with Crippen LogP contribution in [0.3, 0.4) is 0 Å². The van der Waals surface area contributed by atoms with Gasteiger partial charge in [-0.25, -0.2) is 9.78 Å². The summed E-state index contributed by atoms with van der Waals surface area (Å²) >= 11 is 3.99. The standard InChI is InChI=1S/C15H24N6O6S/c1-7(22)12(15(26)27)21-14(25)10(5-28)20-13(24)9(19-11(23)3-16)2-8-4-17-6-18-8/h4,6-7,9-10,12,22,28H,2-3,5,16H2,1H3,(H,17,18)(H,19,23)(H,20,24)(H,21,25)(H,26,27). The molecule has 0 spiro atoms. The maximum atomic E-state index is 12.6. The highest BCUT2D eigenvalue weighted by molar-refractivity contribution is 7.80. The molecule has 4 unspecified atom stereocenters. The van der Waals surface area contributed by atoms with E-state index in [2.05, 4.69) is 38.5 Å². The monoisotopic (exact) mass is 416 g/mol. The van der Waals surface area contributed by atoms with Crippen molar-refractivity contribution in [2.24, 2.45) is 5.73 Å². The van der Waals surface area contributed by atoms with Crippen LogP contribution in [0, 0.1) is 0 Å². The molecule has 4 atom stereocenters. The number of carbonyl (C=O) groups is 4. The second kappa shape index (κ2) is 11.3. The number of rotatable bonds is 11. The lowest BCUT2D eigenvalue weighted by Gasteiger charge is -2.24. The molecule has 28 heavy (non-hydrogen) atoms. The highest BCUT2D eigenvalue weighted by Crippen LogP contribution is 2.02. The normalized spacial score (nSPS) is 15.0. The fourth-order valence-electron chi connectivity index (χ4n) is 2.19. The fourth-order valence-corrected chi connectivity index (χ4v) is 2.44. The maximum absolute atomic E-state index is 12.6. The van der Waals surface area contributed by atoms with Crippen molar-refractivity contribution in [3.05, 3.63) is 18.2 Å². The molecule has 0 aliphatic heterocycles. The van der Waals surface area contributed by atoms with Crippen molar-refractivity contribution in [2.75, 3.05) is 12.3 Å². The lowest BCUT2D eigenvalue weighted by Crippen LogP contribution is -2.58. The van der Waals surface area contributed by atoms with Gasteiger partial charge >= 0.3 is 5.97 Å². The number of thiol groups is 1. The number of nitrogens with one attached hydrogen (secondary N) is 4. The van der Waals surface area contributed by atoms with E-state index in [-0.39, 0.29) is 18.7 Å². The molecule has 1 aromatic heterocycles. The highest BCUT2D eigenvalue weighted by Gasteiger charge is 2.30. The summed E-state index contributed by atoms with van der Waals surface area (Å²) in [5.74, 6) is -3.70. The molecule has 13 heteroatoms. The second-order valence-electron chi connectivity index (χ2n) is 5.91. The first-order chi connectivity index (χ1) is 13.2. The van der Waals surface area contributed by atoms with Crippen LogP contribution in [0.1, 0.15) is 12.6 Å². The van der Waals surface area contributed by atoms with Crippen LogP contribution in [0.25, 0.3) is 0 Å². The Balaban J connectivity index is 2.84. The number of carboxylic acids is 1. The minimum atomic E-state index is -1.55. The molecular formula is C15H24N6O6S.